The summed E-state index contributed by atoms with van der Waals surface area (Å²) in [5, 5.41) is 4.85. The van der Waals surface area contributed by atoms with E-state index in [-0.39, 0.29) is 5.95 Å². The number of nitrogen functional groups attached to an aromatic ring is 1. The Labute approximate surface area is 157 Å². The van der Waals surface area contributed by atoms with Gasteiger partial charge in [0, 0.05) is 31.3 Å². The molecule has 1 aromatic carbocycles. The second-order valence-electron chi connectivity index (χ2n) is 6.57. The summed E-state index contributed by atoms with van der Waals surface area (Å²) in [5.74, 6) is 1.07. The third-order valence-electron chi connectivity index (χ3n) is 4.56. The molecule has 4 rings (SSSR count). The topological polar surface area (TPSA) is 78.9 Å². The zero-order valence-electron chi connectivity index (χ0n) is 14.5. The standard InChI is InChI=1S/C19H20ClN5O/c1-25-11-13(18(24-25)15-10-17(20)23-19(21)22-15)9-12-5-2-3-8-16(12)26-14-6-4-7-14/h2-3,5,8,10-11,14H,4,6-7,9H2,1H3,(H2,21,22,23). The van der Waals surface area contributed by atoms with E-state index >= 15 is 0 Å². The van der Waals surface area contributed by atoms with E-state index in [4.69, 9.17) is 22.1 Å². The van der Waals surface area contributed by atoms with Crippen molar-refractivity contribution in [2.75, 3.05) is 5.73 Å². The first-order valence-corrected chi connectivity index (χ1v) is 9.04. The predicted octanol–water partition coefficient (Wildman–Crippen LogP) is 3.63. The smallest absolute Gasteiger partial charge is 0.222 e. The third-order valence-corrected chi connectivity index (χ3v) is 4.75. The molecular formula is C19H20ClN5O. The number of halogens is 1. The van der Waals surface area contributed by atoms with E-state index in [0.29, 0.717) is 23.4 Å². The summed E-state index contributed by atoms with van der Waals surface area (Å²) in [5.41, 5.74) is 9.28. The van der Waals surface area contributed by atoms with Crippen LogP contribution in [-0.2, 0) is 13.5 Å². The number of nitrogens with zero attached hydrogens (tertiary/aromatic N) is 4. The first-order chi connectivity index (χ1) is 12.6. The van der Waals surface area contributed by atoms with E-state index in [1.807, 2.05) is 31.4 Å². The lowest BCUT2D eigenvalue weighted by Crippen LogP contribution is -2.25. The Morgan fingerprint density at radius 2 is 2.04 bits per heavy atom. The van der Waals surface area contributed by atoms with Crippen molar-refractivity contribution < 1.29 is 4.74 Å². The summed E-state index contributed by atoms with van der Waals surface area (Å²) < 4.78 is 7.92. The molecule has 0 radical (unpaired) electrons. The second kappa shape index (κ2) is 6.96. The number of hydrogen-bond acceptors (Lipinski definition) is 5. The summed E-state index contributed by atoms with van der Waals surface area (Å²) in [7, 11) is 1.88. The molecule has 7 heteroatoms. The van der Waals surface area contributed by atoms with Gasteiger partial charge in [-0.3, -0.25) is 4.68 Å². The van der Waals surface area contributed by atoms with Crippen molar-refractivity contribution in [1.82, 2.24) is 19.7 Å². The van der Waals surface area contributed by atoms with Crippen LogP contribution in [0.25, 0.3) is 11.4 Å². The van der Waals surface area contributed by atoms with Gasteiger partial charge in [0.25, 0.3) is 0 Å². The maximum Gasteiger partial charge on any atom is 0.222 e. The molecule has 3 aromatic rings. The van der Waals surface area contributed by atoms with Gasteiger partial charge in [0.1, 0.15) is 16.6 Å². The van der Waals surface area contributed by atoms with Gasteiger partial charge in [-0.1, -0.05) is 29.8 Å². The SMILES string of the molecule is Cn1cc(Cc2ccccc2OC2CCC2)c(-c2cc(Cl)nc(N)n2)n1. The molecule has 0 saturated heterocycles. The Kier molecular flexibility index (Phi) is 4.51. The maximum atomic E-state index is 6.15. The fraction of sp³-hybridized carbons (Fsp3) is 0.316. The number of para-hydroxylation sites is 1. The fourth-order valence-corrected chi connectivity index (χ4v) is 3.27. The minimum atomic E-state index is 0.137. The average Bonchev–Trinajstić information content (AvgIpc) is 2.92. The van der Waals surface area contributed by atoms with Crippen LogP contribution in [0.4, 0.5) is 5.95 Å². The number of nitrogens with two attached hydrogens (primary N) is 1. The summed E-state index contributed by atoms with van der Waals surface area (Å²) in [6.07, 6.45) is 6.52. The molecule has 2 N–H and O–H groups in total. The van der Waals surface area contributed by atoms with E-state index in [0.717, 1.165) is 35.4 Å². The molecule has 0 aliphatic heterocycles. The minimum absolute atomic E-state index is 0.137. The van der Waals surface area contributed by atoms with Gasteiger partial charge in [0.05, 0.1) is 11.8 Å². The van der Waals surface area contributed by atoms with E-state index in [1.165, 1.54) is 6.42 Å². The highest BCUT2D eigenvalue weighted by molar-refractivity contribution is 6.29. The number of ether oxygens (including phenoxy) is 1. The summed E-state index contributed by atoms with van der Waals surface area (Å²) in [6, 6.07) is 9.83. The molecule has 1 aliphatic carbocycles. The molecule has 1 aliphatic rings. The van der Waals surface area contributed by atoms with Crippen molar-refractivity contribution in [3.8, 4) is 17.1 Å². The van der Waals surface area contributed by atoms with Gasteiger partial charge in [0.2, 0.25) is 5.95 Å². The molecule has 0 atom stereocenters. The average molecular weight is 370 g/mol. The van der Waals surface area contributed by atoms with Crippen LogP contribution in [0, 0.1) is 0 Å². The normalized spacial score (nSPS) is 14.2. The summed E-state index contributed by atoms with van der Waals surface area (Å²) in [4.78, 5) is 8.21. The molecule has 134 valence electrons. The quantitative estimate of drug-likeness (QED) is 0.694. The molecule has 0 amide bonds. The maximum absolute atomic E-state index is 6.15. The van der Waals surface area contributed by atoms with Gasteiger partial charge in [0.15, 0.2) is 0 Å². The van der Waals surface area contributed by atoms with Gasteiger partial charge in [-0.25, -0.2) is 9.97 Å². The largest absolute Gasteiger partial charge is 0.490 e. The molecule has 0 spiro atoms. The Hall–Kier alpha value is -2.60. The van der Waals surface area contributed by atoms with E-state index in [9.17, 15) is 0 Å². The molecular weight excluding hydrogens is 350 g/mol. The van der Waals surface area contributed by atoms with Crippen molar-refractivity contribution >= 4 is 17.5 Å². The van der Waals surface area contributed by atoms with Gasteiger partial charge >= 0.3 is 0 Å². The van der Waals surface area contributed by atoms with Crippen LogP contribution in [0.1, 0.15) is 30.4 Å². The van der Waals surface area contributed by atoms with Gasteiger partial charge < -0.3 is 10.5 Å². The number of anilines is 1. The minimum Gasteiger partial charge on any atom is -0.490 e. The van der Waals surface area contributed by atoms with Crippen LogP contribution < -0.4 is 10.5 Å². The van der Waals surface area contributed by atoms with Crippen LogP contribution in [0.3, 0.4) is 0 Å². The first-order valence-electron chi connectivity index (χ1n) is 8.66. The number of aromatic nitrogens is 4. The van der Waals surface area contributed by atoms with Crippen molar-refractivity contribution in [3.63, 3.8) is 0 Å². The number of rotatable bonds is 5. The molecule has 1 fully saturated rings. The van der Waals surface area contributed by atoms with Crippen LogP contribution in [-0.4, -0.2) is 25.9 Å². The van der Waals surface area contributed by atoms with Crippen molar-refractivity contribution in [1.29, 1.82) is 0 Å². The molecule has 1 saturated carbocycles. The van der Waals surface area contributed by atoms with Crippen LogP contribution in [0.5, 0.6) is 5.75 Å². The lowest BCUT2D eigenvalue weighted by molar-refractivity contribution is 0.119. The Bertz CT molecular complexity index is 915. The van der Waals surface area contributed by atoms with E-state index < -0.39 is 0 Å². The highest BCUT2D eigenvalue weighted by Crippen LogP contribution is 2.31. The monoisotopic (exact) mass is 369 g/mol. The lowest BCUT2D eigenvalue weighted by atomic mass is 9.96. The van der Waals surface area contributed by atoms with Crippen molar-refractivity contribution in [3.05, 3.63) is 52.8 Å². The number of benzene rings is 1. The second-order valence-corrected chi connectivity index (χ2v) is 6.95. The molecule has 2 aromatic heterocycles. The Morgan fingerprint density at radius 1 is 1.23 bits per heavy atom. The Balaban J connectivity index is 1.67. The lowest BCUT2D eigenvalue weighted by Gasteiger charge is -2.27. The van der Waals surface area contributed by atoms with Crippen LogP contribution in [0.15, 0.2) is 36.5 Å². The van der Waals surface area contributed by atoms with Crippen molar-refractivity contribution in [2.24, 2.45) is 7.05 Å². The zero-order valence-corrected chi connectivity index (χ0v) is 15.3. The van der Waals surface area contributed by atoms with Crippen molar-refractivity contribution in [2.45, 2.75) is 31.8 Å². The fourth-order valence-electron chi connectivity index (χ4n) is 3.08. The first kappa shape index (κ1) is 16.8. The number of aryl methyl sites for hydroxylation is 1. The van der Waals surface area contributed by atoms with E-state index in [2.05, 4.69) is 21.1 Å². The van der Waals surface area contributed by atoms with Gasteiger partial charge in [-0.15, -0.1) is 0 Å². The van der Waals surface area contributed by atoms with Gasteiger partial charge in [-0.2, -0.15) is 5.10 Å². The Morgan fingerprint density at radius 3 is 2.77 bits per heavy atom. The molecule has 6 nitrogen and oxygen atoms in total. The summed E-state index contributed by atoms with van der Waals surface area (Å²) in [6.45, 7) is 0. The molecule has 0 bridgehead atoms. The van der Waals surface area contributed by atoms with Crippen LogP contribution in [0.2, 0.25) is 5.15 Å². The molecule has 26 heavy (non-hydrogen) atoms. The molecule has 0 unspecified atom stereocenters. The predicted molar refractivity (Wildman–Crippen MR) is 101 cm³/mol. The van der Waals surface area contributed by atoms with Crippen LogP contribution >= 0.6 is 11.6 Å². The van der Waals surface area contributed by atoms with E-state index in [1.54, 1.807) is 10.7 Å². The van der Waals surface area contributed by atoms with Gasteiger partial charge in [-0.05, 0) is 30.9 Å². The summed E-state index contributed by atoms with van der Waals surface area (Å²) >= 11 is 6.04. The number of hydrogen-bond donors (Lipinski definition) is 1. The highest BCUT2D eigenvalue weighted by Gasteiger charge is 2.21. The molecule has 2 heterocycles. The zero-order chi connectivity index (χ0) is 18.1. The third kappa shape index (κ3) is 3.51. The highest BCUT2D eigenvalue weighted by atomic mass is 35.5.